The van der Waals surface area contributed by atoms with Crippen molar-refractivity contribution >= 4 is 11.7 Å². The van der Waals surface area contributed by atoms with E-state index in [2.05, 4.69) is 34.5 Å². The summed E-state index contributed by atoms with van der Waals surface area (Å²) in [5, 5.41) is 3.01. The summed E-state index contributed by atoms with van der Waals surface area (Å²) in [4.78, 5) is 17.3. The highest BCUT2D eigenvalue weighted by Gasteiger charge is 2.26. The second-order valence-electron chi connectivity index (χ2n) is 8.21. The van der Waals surface area contributed by atoms with Crippen LogP contribution in [0.2, 0.25) is 0 Å². The first-order chi connectivity index (χ1) is 14.7. The zero-order valence-electron chi connectivity index (χ0n) is 17.9. The van der Waals surface area contributed by atoms with Gasteiger partial charge in [-0.2, -0.15) is 0 Å². The van der Waals surface area contributed by atoms with Gasteiger partial charge < -0.3 is 19.7 Å². The lowest BCUT2D eigenvalue weighted by Gasteiger charge is -2.37. The van der Waals surface area contributed by atoms with E-state index in [9.17, 15) is 4.79 Å². The Kier molecular flexibility index (Phi) is 6.43. The zero-order valence-corrected chi connectivity index (χ0v) is 17.9. The molecule has 2 aliphatic rings. The molecule has 0 aliphatic carbocycles. The molecule has 160 valence electrons. The van der Waals surface area contributed by atoms with Crippen LogP contribution in [0.4, 0.5) is 10.5 Å². The second kappa shape index (κ2) is 9.39. The van der Waals surface area contributed by atoms with Crippen LogP contribution in [0.1, 0.15) is 24.0 Å². The van der Waals surface area contributed by atoms with Gasteiger partial charge in [0.15, 0.2) is 11.5 Å². The lowest BCUT2D eigenvalue weighted by Crippen LogP contribution is -2.46. The Balaban J connectivity index is 1.33. The van der Waals surface area contributed by atoms with Crippen molar-refractivity contribution < 1.29 is 14.3 Å². The number of carbonyl (C=O) groups excluding carboxylic acids is 1. The molecule has 0 spiro atoms. The van der Waals surface area contributed by atoms with Crippen LogP contribution in [0.15, 0.2) is 42.5 Å². The van der Waals surface area contributed by atoms with Gasteiger partial charge in [0.1, 0.15) is 0 Å². The van der Waals surface area contributed by atoms with Gasteiger partial charge in [-0.25, -0.2) is 4.79 Å². The minimum atomic E-state index is -0.0455. The van der Waals surface area contributed by atoms with E-state index in [0.29, 0.717) is 23.1 Å². The Morgan fingerprint density at radius 2 is 1.87 bits per heavy atom. The highest BCUT2D eigenvalue weighted by Crippen LogP contribution is 2.30. The number of anilines is 1. The Bertz CT molecular complexity index is 886. The van der Waals surface area contributed by atoms with E-state index in [4.69, 9.17) is 9.47 Å². The maximum Gasteiger partial charge on any atom is 0.321 e. The number of nitrogens with one attached hydrogen (secondary N) is 1. The standard InChI is InChI=1S/C24H31N3O3/c1-29-22-10-9-21(14-23(22)30-2)25-24(28)27-12-5-6-18(16-27)15-26-13-11-19-7-3-4-8-20(19)17-26/h3-4,7-10,14,18H,5-6,11-13,15-17H2,1-2H3,(H,25,28)/t18-/m1/s1. The van der Waals surface area contributed by atoms with Gasteiger partial charge in [0.05, 0.1) is 14.2 Å². The summed E-state index contributed by atoms with van der Waals surface area (Å²) in [6, 6.07) is 14.1. The van der Waals surface area contributed by atoms with Gasteiger partial charge in [-0.05, 0) is 48.4 Å². The number of rotatable bonds is 5. The Morgan fingerprint density at radius 3 is 2.67 bits per heavy atom. The van der Waals surface area contributed by atoms with Crippen molar-refractivity contribution in [2.45, 2.75) is 25.8 Å². The number of benzene rings is 2. The van der Waals surface area contributed by atoms with Crippen LogP contribution in [0.25, 0.3) is 0 Å². The summed E-state index contributed by atoms with van der Waals surface area (Å²) in [7, 11) is 3.20. The highest BCUT2D eigenvalue weighted by molar-refractivity contribution is 5.89. The number of likely N-dealkylation sites (tertiary alicyclic amines) is 1. The summed E-state index contributed by atoms with van der Waals surface area (Å²) in [5.41, 5.74) is 3.64. The number of urea groups is 1. The molecule has 0 saturated carbocycles. The zero-order chi connectivity index (χ0) is 20.9. The van der Waals surface area contributed by atoms with Gasteiger partial charge in [0.2, 0.25) is 0 Å². The summed E-state index contributed by atoms with van der Waals surface area (Å²) in [6.45, 7) is 4.78. The van der Waals surface area contributed by atoms with E-state index in [1.54, 1.807) is 20.3 Å². The molecule has 0 aromatic heterocycles. The first kappa shape index (κ1) is 20.5. The van der Waals surface area contributed by atoms with Crippen LogP contribution in [0.3, 0.4) is 0 Å². The van der Waals surface area contributed by atoms with Crippen LogP contribution >= 0.6 is 0 Å². The van der Waals surface area contributed by atoms with E-state index < -0.39 is 0 Å². The number of hydrogen-bond donors (Lipinski definition) is 1. The SMILES string of the molecule is COc1ccc(NC(=O)N2CCC[C@H](CN3CCc4ccccc4C3)C2)cc1OC. The molecule has 1 atom stereocenters. The van der Waals surface area contributed by atoms with Gasteiger partial charge in [-0.3, -0.25) is 4.90 Å². The largest absolute Gasteiger partial charge is 0.493 e. The molecule has 30 heavy (non-hydrogen) atoms. The van der Waals surface area contributed by atoms with Crippen molar-refractivity contribution in [3.63, 3.8) is 0 Å². The van der Waals surface area contributed by atoms with Gasteiger partial charge >= 0.3 is 6.03 Å². The maximum absolute atomic E-state index is 12.9. The van der Waals surface area contributed by atoms with E-state index in [-0.39, 0.29) is 6.03 Å². The third kappa shape index (κ3) is 4.70. The van der Waals surface area contributed by atoms with Crippen molar-refractivity contribution in [3.8, 4) is 11.5 Å². The minimum Gasteiger partial charge on any atom is -0.493 e. The average molecular weight is 410 g/mol. The lowest BCUT2D eigenvalue weighted by molar-refractivity contribution is 0.140. The van der Waals surface area contributed by atoms with Crippen LogP contribution in [-0.2, 0) is 13.0 Å². The smallest absolute Gasteiger partial charge is 0.321 e. The molecule has 0 bridgehead atoms. The fourth-order valence-electron chi connectivity index (χ4n) is 4.59. The Labute approximate surface area is 178 Å². The topological polar surface area (TPSA) is 54.0 Å². The number of nitrogens with zero attached hydrogens (tertiary/aromatic N) is 2. The summed E-state index contributed by atoms with van der Waals surface area (Å²) in [5.74, 6) is 1.77. The number of fused-ring (bicyclic) bond motifs is 1. The molecule has 2 amide bonds. The van der Waals surface area contributed by atoms with Crippen molar-refractivity contribution in [2.75, 3.05) is 45.7 Å². The van der Waals surface area contributed by atoms with E-state index in [1.165, 1.54) is 17.5 Å². The fourth-order valence-corrected chi connectivity index (χ4v) is 4.59. The van der Waals surface area contributed by atoms with Crippen LogP contribution in [0.5, 0.6) is 11.5 Å². The molecule has 2 aliphatic heterocycles. The van der Waals surface area contributed by atoms with Gasteiger partial charge in [0.25, 0.3) is 0 Å². The van der Waals surface area contributed by atoms with Crippen LogP contribution in [-0.4, -0.2) is 56.2 Å². The first-order valence-corrected chi connectivity index (χ1v) is 10.7. The quantitative estimate of drug-likeness (QED) is 0.811. The number of methoxy groups -OCH3 is 2. The summed E-state index contributed by atoms with van der Waals surface area (Å²) in [6.07, 6.45) is 3.35. The number of carbonyl (C=O) groups is 1. The molecule has 1 fully saturated rings. The van der Waals surface area contributed by atoms with Crippen LogP contribution in [0, 0.1) is 5.92 Å². The normalized spacial score (nSPS) is 19.1. The number of amides is 2. The van der Waals surface area contributed by atoms with E-state index in [0.717, 1.165) is 45.6 Å². The maximum atomic E-state index is 12.9. The monoisotopic (exact) mass is 409 g/mol. The minimum absolute atomic E-state index is 0.0455. The molecule has 1 N–H and O–H groups in total. The summed E-state index contributed by atoms with van der Waals surface area (Å²) < 4.78 is 10.6. The molecule has 1 saturated heterocycles. The van der Waals surface area contributed by atoms with Crippen molar-refractivity contribution in [3.05, 3.63) is 53.6 Å². The molecule has 4 rings (SSSR count). The molecule has 6 nitrogen and oxygen atoms in total. The lowest BCUT2D eigenvalue weighted by atomic mass is 9.95. The predicted octanol–water partition coefficient (Wildman–Crippen LogP) is 4.01. The molecular formula is C24H31N3O3. The molecule has 2 aromatic rings. The summed E-state index contributed by atoms with van der Waals surface area (Å²) >= 11 is 0. The van der Waals surface area contributed by atoms with Crippen molar-refractivity contribution in [1.82, 2.24) is 9.80 Å². The van der Waals surface area contributed by atoms with Crippen LogP contribution < -0.4 is 14.8 Å². The number of piperidine rings is 1. The van der Waals surface area contributed by atoms with Gasteiger partial charge in [-0.15, -0.1) is 0 Å². The highest BCUT2D eigenvalue weighted by atomic mass is 16.5. The Hall–Kier alpha value is -2.73. The molecule has 2 aromatic carbocycles. The molecule has 2 heterocycles. The Morgan fingerprint density at radius 1 is 1.07 bits per heavy atom. The van der Waals surface area contributed by atoms with Gasteiger partial charge in [-0.1, -0.05) is 24.3 Å². The number of ether oxygens (including phenoxy) is 2. The molecule has 0 radical (unpaired) electrons. The van der Waals surface area contributed by atoms with Gasteiger partial charge in [0, 0.05) is 44.5 Å². The fraction of sp³-hybridized carbons (Fsp3) is 0.458. The van der Waals surface area contributed by atoms with E-state index in [1.807, 2.05) is 17.0 Å². The third-order valence-corrected chi connectivity index (χ3v) is 6.17. The second-order valence-corrected chi connectivity index (χ2v) is 8.21. The third-order valence-electron chi connectivity index (χ3n) is 6.17. The van der Waals surface area contributed by atoms with Crippen molar-refractivity contribution in [1.29, 1.82) is 0 Å². The molecular weight excluding hydrogens is 378 g/mol. The first-order valence-electron chi connectivity index (χ1n) is 10.7. The predicted molar refractivity (Wildman–Crippen MR) is 118 cm³/mol. The van der Waals surface area contributed by atoms with E-state index >= 15 is 0 Å². The molecule has 6 heteroatoms. The molecule has 0 unspecified atom stereocenters. The number of hydrogen-bond acceptors (Lipinski definition) is 4. The van der Waals surface area contributed by atoms with Crippen molar-refractivity contribution in [2.24, 2.45) is 5.92 Å². The average Bonchev–Trinajstić information content (AvgIpc) is 2.79.